The predicted octanol–water partition coefficient (Wildman–Crippen LogP) is 3.63. The quantitative estimate of drug-likeness (QED) is 0.560. The van der Waals surface area contributed by atoms with Crippen LogP contribution in [0.25, 0.3) is 16.9 Å². The number of nitrogens with zero attached hydrogens (tertiary/aromatic N) is 2. The number of aromatic nitrogens is 2. The monoisotopic (exact) mass is 397 g/mol. The number of aryl methyl sites for hydroxylation is 1. The van der Waals surface area contributed by atoms with E-state index >= 15 is 0 Å². The Morgan fingerprint density at radius 3 is 2.36 bits per heavy atom. The lowest BCUT2D eigenvalue weighted by Crippen LogP contribution is -2.23. The van der Waals surface area contributed by atoms with E-state index in [9.17, 15) is 8.42 Å². The second kappa shape index (κ2) is 9.17. The van der Waals surface area contributed by atoms with Crippen molar-refractivity contribution in [2.75, 3.05) is 18.1 Å². The van der Waals surface area contributed by atoms with Gasteiger partial charge in [-0.1, -0.05) is 56.3 Å². The molecule has 0 unspecified atom stereocenters. The first-order valence-corrected chi connectivity index (χ1v) is 11.5. The summed E-state index contributed by atoms with van der Waals surface area (Å²) in [5.74, 6) is 0.326. The molecule has 0 saturated heterocycles. The number of benzene rings is 2. The summed E-state index contributed by atoms with van der Waals surface area (Å²) in [5.41, 5.74) is 5.30. The number of hydrogen-bond donors (Lipinski definition) is 1. The van der Waals surface area contributed by atoms with Gasteiger partial charge in [0.15, 0.2) is 9.84 Å². The standard InChI is InChI=1S/C22H27N3O2S/c1-3-18-10-12-19(13-11-18)22-20(16-23-14-15-28(26,27)4-2)17-25(24-22)21-8-6-5-7-9-21/h5-13,17,23H,3-4,14-16H2,1-2H3. The van der Waals surface area contributed by atoms with E-state index in [1.54, 1.807) is 6.92 Å². The predicted molar refractivity (Wildman–Crippen MR) is 114 cm³/mol. The molecule has 3 aromatic rings. The van der Waals surface area contributed by atoms with Gasteiger partial charge in [-0.25, -0.2) is 13.1 Å². The highest BCUT2D eigenvalue weighted by Crippen LogP contribution is 2.24. The van der Waals surface area contributed by atoms with Crippen LogP contribution in [-0.4, -0.2) is 36.2 Å². The summed E-state index contributed by atoms with van der Waals surface area (Å²) in [6, 6.07) is 18.4. The molecule has 0 aliphatic carbocycles. The molecule has 0 aliphatic rings. The molecule has 2 aromatic carbocycles. The van der Waals surface area contributed by atoms with Crippen molar-refractivity contribution in [2.24, 2.45) is 0 Å². The molecule has 0 radical (unpaired) electrons. The fraction of sp³-hybridized carbons (Fsp3) is 0.318. The summed E-state index contributed by atoms with van der Waals surface area (Å²) in [4.78, 5) is 0. The Bertz CT molecular complexity index is 994. The first-order valence-electron chi connectivity index (χ1n) is 9.67. The first kappa shape index (κ1) is 20.3. The Morgan fingerprint density at radius 1 is 1.00 bits per heavy atom. The molecule has 5 nitrogen and oxygen atoms in total. The van der Waals surface area contributed by atoms with Crippen LogP contribution in [0.3, 0.4) is 0 Å². The highest BCUT2D eigenvalue weighted by molar-refractivity contribution is 7.91. The van der Waals surface area contributed by atoms with Crippen LogP contribution >= 0.6 is 0 Å². The van der Waals surface area contributed by atoms with Crippen LogP contribution < -0.4 is 5.32 Å². The number of nitrogens with one attached hydrogen (secondary N) is 1. The summed E-state index contributed by atoms with van der Waals surface area (Å²) >= 11 is 0. The Kier molecular flexibility index (Phi) is 6.65. The van der Waals surface area contributed by atoms with E-state index in [-0.39, 0.29) is 11.5 Å². The van der Waals surface area contributed by atoms with Crippen molar-refractivity contribution in [1.29, 1.82) is 0 Å². The van der Waals surface area contributed by atoms with Crippen molar-refractivity contribution in [2.45, 2.75) is 26.8 Å². The summed E-state index contributed by atoms with van der Waals surface area (Å²) in [7, 11) is -2.97. The fourth-order valence-electron chi connectivity index (χ4n) is 2.99. The van der Waals surface area contributed by atoms with E-state index in [0.717, 1.165) is 28.9 Å². The SMILES string of the molecule is CCc1ccc(-c2nn(-c3ccccc3)cc2CNCCS(=O)(=O)CC)cc1. The average molecular weight is 398 g/mol. The maximum atomic E-state index is 11.7. The normalized spacial score (nSPS) is 11.6. The lowest BCUT2D eigenvalue weighted by atomic mass is 10.1. The van der Waals surface area contributed by atoms with E-state index in [2.05, 4.69) is 36.5 Å². The first-order chi connectivity index (χ1) is 13.5. The Balaban J connectivity index is 1.84. The number of rotatable bonds is 9. The van der Waals surface area contributed by atoms with Gasteiger partial charge in [-0.2, -0.15) is 5.10 Å². The van der Waals surface area contributed by atoms with Crippen molar-refractivity contribution < 1.29 is 8.42 Å². The molecule has 148 valence electrons. The van der Waals surface area contributed by atoms with Crippen molar-refractivity contribution >= 4 is 9.84 Å². The van der Waals surface area contributed by atoms with Crippen molar-refractivity contribution in [3.8, 4) is 16.9 Å². The zero-order chi connectivity index (χ0) is 20.0. The number of sulfone groups is 1. The van der Waals surface area contributed by atoms with Gasteiger partial charge in [-0.05, 0) is 24.1 Å². The van der Waals surface area contributed by atoms with Gasteiger partial charge < -0.3 is 5.32 Å². The second-order valence-electron chi connectivity index (χ2n) is 6.75. The topological polar surface area (TPSA) is 64.0 Å². The molecule has 0 bridgehead atoms. The van der Waals surface area contributed by atoms with Crippen LogP contribution in [0.4, 0.5) is 0 Å². The highest BCUT2D eigenvalue weighted by Gasteiger charge is 2.13. The summed E-state index contributed by atoms with van der Waals surface area (Å²) in [6.07, 6.45) is 3.01. The maximum absolute atomic E-state index is 11.7. The van der Waals surface area contributed by atoms with Gasteiger partial charge in [0.1, 0.15) is 0 Å². The van der Waals surface area contributed by atoms with Gasteiger partial charge in [0.05, 0.1) is 17.1 Å². The zero-order valence-electron chi connectivity index (χ0n) is 16.4. The summed E-state index contributed by atoms with van der Waals surface area (Å²) in [6.45, 7) is 4.81. The van der Waals surface area contributed by atoms with Crippen molar-refractivity contribution in [1.82, 2.24) is 15.1 Å². The Morgan fingerprint density at radius 2 is 1.71 bits per heavy atom. The molecule has 1 heterocycles. The minimum Gasteiger partial charge on any atom is -0.312 e. The minimum absolute atomic E-state index is 0.150. The van der Waals surface area contributed by atoms with E-state index in [4.69, 9.17) is 5.10 Å². The number of hydrogen-bond acceptors (Lipinski definition) is 4. The van der Waals surface area contributed by atoms with E-state index < -0.39 is 9.84 Å². The third-order valence-electron chi connectivity index (χ3n) is 4.79. The van der Waals surface area contributed by atoms with Crippen LogP contribution in [-0.2, 0) is 22.8 Å². The van der Waals surface area contributed by atoms with Crippen LogP contribution in [0.5, 0.6) is 0 Å². The summed E-state index contributed by atoms with van der Waals surface area (Å²) in [5, 5.41) is 8.07. The van der Waals surface area contributed by atoms with Gasteiger partial charge in [-0.15, -0.1) is 0 Å². The van der Waals surface area contributed by atoms with Crippen molar-refractivity contribution in [3.63, 3.8) is 0 Å². The van der Waals surface area contributed by atoms with Crippen molar-refractivity contribution in [3.05, 3.63) is 71.9 Å². The van der Waals surface area contributed by atoms with E-state index in [1.165, 1.54) is 5.56 Å². The van der Waals surface area contributed by atoms with Gasteiger partial charge in [0.2, 0.25) is 0 Å². The molecule has 0 amide bonds. The Hall–Kier alpha value is -2.44. The summed E-state index contributed by atoms with van der Waals surface area (Å²) < 4.78 is 25.3. The Labute approximate surface area is 167 Å². The molecule has 1 aromatic heterocycles. The average Bonchev–Trinajstić information content (AvgIpc) is 3.16. The molecular formula is C22H27N3O2S. The van der Waals surface area contributed by atoms with E-state index in [0.29, 0.717) is 13.1 Å². The molecule has 0 spiro atoms. The van der Waals surface area contributed by atoms with Crippen LogP contribution in [0, 0.1) is 0 Å². The molecule has 0 atom stereocenters. The molecule has 0 aliphatic heterocycles. The lowest BCUT2D eigenvalue weighted by molar-refractivity contribution is 0.592. The second-order valence-corrected chi connectivity index (χ2v) is 9.22. The molecule has 0 saturated carbocycles. The molecule has 0 fully saturated rings. The largest absolute Gasteiger partial charge is 0.312 e. The zero-order valence-corrected chi connectivity index (χ0v) is 17.2. The minimum atomic E-state index is -2.97. The molecule has 6 heteroatoms. The van der Waals surface area contributed by atoms with Gasteiger partial charge in [0.25, 0.3) is 0 Å². The van der Waals surface area contributed by atoms with Gasteiger partial charge >= 0.3 is 0 Å². The molecule has 3 rings (SSSR count). The third kappa shape index (κ3) is 5.09. The third-order valence-corrected chi connectivity index (χ3v) is 6.50. The molecular weight excluding hydrogens is 370 g/mol. The maximum Gasteiger partial charge on any atom is 0.151 e. The highest BCUT2D eigenvalue weighted by atomic mass is 32.2. The van der Waals surface area contributed by atoms with E-state index in [1.807, 2.05) is 41.2 Å². The van der Waals surface area contributed by atoms with Gasteiger partial charge in [0, 0.05) is 36.2 Å². The van der Waals surface area contributed by atoms with Crippen LogP contribution in [0.15, 0.2) is 60.8 Å². The molecule has 28 heavy (non-hydrogen) atoms. The van der Waals surface area contributed by atoms with Crippen LogP contribution in [0.2, 0.25) is 0 Å². The molecule has 1 N–H and O–H groups in total. The van der Waals surface area contributed by atoms with Crippen LogP contribution in [0.1, 0.15) is 25.0 Å². The smallest absolute Gasteiger partial charge is 0.151 e. The lowest BCUT2D eigenvalue weighted by Gasteiger charge is -2.06. The number of para-hydroxylation sites is 1. The van der Waals surface area contributed by atoms with Gasteiger partial charge in [-0.3, -0.25) is 0 Å². The fourth-order valence-corrected chi connectivity index (χ4v) is 3.73.